The van der Waals surface area contributed by atoms with Crippen LogP contribution in [0.5, 0.6) is 5.75 Å². The first-order chi connectivity index (χ1) is 11.0. The van der Waals surface area contributed by atoms with Gasteiger partial charge in [0.05, 0.1) is 19.9 Å². The fraction of sp³-hybridized carbons (Fsp3) is 0.278. The molecular formula is C18H21NO4. The topological polar surface area (TPSA) is 59.0 Å². The molecule has 0 amide bonds. The van der Waals surface area contributed by atoms with Crippen molar-refractivity contribution in [1.29, 1.82) is 0 Å². The number of carbonyl (C=O) groups is 1. The predicted octanol–water partition coefficient (Wildman–Crippen LogP) is 3.43. The van der Waals surface area contributed by atoms with E-state index >= 15 is 0 Å². The highest BCUT2D eigenvalue weighted by atomic mass is 16.5. The lowest BCUT2D eigenvalue weighted by Crippen LogP contribution is -2.37. The van der Waals surface area contributed by atoms with Gasteiger partial charge in [0, 0.05) is 5.56 Å². The fourth-order valence-corrected chi connectivity index (χ4v) is 2.33. The summed E-state index contributed by atoms with van der Waals surface area (Å²) in [5.41, 5.74) is 3.34. The van der Waals surface area contributed by atoms with Crippen LogP contribution in [0.3, 0.4) is 0 Å². The van der Waals surface area contributed by atoms with E-state index < -0.39 is 12.0 Å². The number of hydrogen-bond acceptors (Lipinski definition) is 5. The molecule has 2 aromatic carbocycles. The Labute approximate surface area is 136 Å². The first kappa shape index (κ1) is 16.8. The van der Waals surface area contributed by atoms with Crippen LogP contribution in [-0.4, -0.2) is 31.4 Å². The van der Waals surface area contributed by atoms with Crippen LogP contribution in [0.15, 0.2) is 42.5 Å². The van der Waals surface area contributed by atoms with Gasteiger partial charge in [-0.1, -0.05) is 23.8 Å². The van der Waals surface area contributed by atoms with Gasteiger partial charge in [-0.05, 0) is 43.7 Å². The zero-order chi connectivity index (χ0) is 17.0. The molecule has 23 heavy (non-hydrogen) atoms. The number of hydrogen-bond donors (Lipinski definition) is 1. The number of rotatable bonds is 5. The van der Waals surface area contributed by atoms with Crippen LogP contribution in [0.4, 0.5) is 5.69 Å². The lowest BCUT2D eigenvalue weighted by molar-refractivity contribution is -0.143. The third kappa shape index (κ3) is 3.63. The Hall–Kier alpha value is -2.53. The Bertz CT molecular complexity index is 682. The molecule has 0 aliphatic heterocycles. The number of ether oxygens (including phenoxy) is 2. The van der Waals surface area contributed by atoms with Gasteiger partial charge >= 0.3 is 5.97 Å². The zero-order valence-electron chi connectivity index (χ0n) is 13.7. The second-order valence-electron chi connectivity index (χ2n) is 5.29. The second-order valence-corrected chi connectivity index (χ2v) is 5.29. The molecule has 0 aromatic heterocycles. The summed E-state index contributed by atoms with van der Waals surface area (Å²) in [7, 11) is 2.91. The Kier molecular flexibility index (Phi) is 5.24. The molecule has 5 heteroatoms. The lowest BCUT2D eigenvalue weighted by atomic mass is 10.0. The summed E-state index contributed by atoms with van der Waals surface area (Å²) in [6.07, 6.45) is 0. The maximum absolute atomic E-state index is 11.7. The van der Waals surface area contributed by atoms with Crippen molar-refractivity contribution in [2.75, 3.05) is 19.3 Å². The van der Waals surface area contributed by atoms with E-state index in [1.54, 1.807) is 20.1 Å². The number of benzene rings is 2. The number of anilines is 1. The van der Waals surface area contributed by atoms with Gasteiger partial charge in [0.2, 0.25) is 0 Å². The predicted molar refractivity (Wildman–Crippen MR) is 88.9 cm³/mol. The average molecular weight is 315 g/mol. The van der Waals surface area contributed by atoms with Gasteiger partial charge in [0.25, 0.3) is 0 Å². The molecule has 1 unspecified atom stereocenters. The second kappa shape index (κ2) is 7.15. The summed E-state index contributed by atoms with van der Waals surface area (Å²) in [6.45, 7) is 3.56. The van der Waals surface area contributed by atoms with Crippen LogP contribution in [0.2, 0.25) is 0 Å². The number of methoxy groups -OCH3 is 2. The number of esters is 1. The first-order valence-corrected chi connectivity index (χ1v) is 7.29. The van der Waals surface area contributed by atoms with Crippen molar-refractivity contribution in [3.63, 3.8) is 0 Å². The van der Waals surface area contributed by atoms with E-state index in [1.807, 2.05) is 43.3 Å². The maximum atomic E-state index is 11.7. The summed E-state index contributed by atoms with van der Waals surface area (Å²) in [5.74, 6) is 0.250. The van der Waals surface area contributed by atoms with Crippen LogP contribution in [0.1, 0.15) is 12.5 Å². The minimum Gasteiger partial charge on any atom is -0.497 e. The Morgan fingerprint density at radius 2 is 1.78 bits per heavy atom. The van der Waals surface area contributed by atoms with Crippen molar-refractivity contribution in [3.05, 3.63) is 48.0 Å². The minimum atomic E-state index is -0.806. The SMILES string of the molecule is COC(=O)C(C)N(O)c1ccc(C)cc1-c1ccc(OC)cc1. The van der Waals surface area contributed by atoms with Gasteiger partial charge in [-0.25, -0.2) is 9.86 Å². The number of carbonyl (C=O) groups excluding carboxylic acids is 1. The van der Waals surface area contributed by atoms with Crippen LogP contribution < -0.4 is 9.80 Å². The van der Waals surface area contributed by atoms with Gasteiger partial charge in [-0.15, -0.1) is 0 Å². The van der Waals surface area contributed by atoms with Crippen molar-refractivity contribution in [1.82, 2.24) is 0 Å². The summed E-state index contributed by atoms with van der Waals surface area (Å²) in [6, 6.07) is 12.4. The van der Waals surface area contributed by atoms with E-state index in [0.29, 0.717) is 5.69 Å². The summed E-state index contributed by atoms with van der Waals surface area (Å²) < 4.78 is 9.87. The smallest absolute Gasteiger partial charge is 0.330 e. The molecular weight excluding hydrogens is 294 g/mol. The highest BCUT2D eigenvalue weighted by Crippen LogP contribution is 2.33. The summed E-state index contributed by atoms with van der Waals surface area (Å²) >= 11 is 0. The lowest BCUT2D eigenvalue weighted by Gasteiger charge is -2.25. The molecule has 0 saturated carbocycles. The van der Waals surface area contributed by atoms with Gasteiger partial charge in [-0.3, -0.25) is 5.21 Å². The van der Waals surface area contributed by atoms with Gasteiger partial charge in [0.1, 0.15) is 5.75 Å². The minimum absolute atomic E-state index is 0.506. The van der Waals surface area contributed by atoms with Crippen molar-refractivity contribution in [2.45, 2.75) is 19.9 Å². The van der Waals surface area contributed by atoms with E-state index in [9.17, 15) is 10.0 Å². The van der Waals surface area contributed by atoms with E-state index in [1.165, 1.54) is 7.11 Å². The monoisotopic (exact) mass is 315 g/mol. The Morgan fingerprint density at radius 3 is 2.35 bits per heavy atom. The molecule has 0 aliphatic carbocycles. The molecule has 122 valence electrons. The summed E-state index contributed by atoms with van der Waals surface area (Å²) in [5, 5.41) is 11.4. The van der Waals surface area contributed by atoms with Gasteiger partial charge in [-0.2, -0.15) is 0 Å². The Balaban J connectivity index is 2.46. The fourth-order valence-electron chi connectivity index (χ4n) is 2.33. The van der Waals surface area contributed by atoms with Gasteiger partial charge < -0.3 is 9.47 Å². The third-order valence-corrected chi connectivity index (χ3v) is 3.71. The molecule has 0 radical (unpaired) electrons. The molecule has 1 atom stereocenters. The average Bonchev–Trinajstić information content (AvgIpc) is 2.59. The molecule has 0 saturated heterocycles. The maximum Gasteiger partial charge on any atom is 0.330 e. The van der Waals surface area contributed by atoms with Crippen LogP contribution in [-0.2, 0) is 9.53 Å². The largest absolute Gasteiger partial charge is 0.497 e. The number of hydroxylamine groups is 1. The van der Waals surface area contributed by atoms with E-state index in [4.69, 9.17) is 9.47 Å². The van der Waals surface area contributed by atoms with Crippen LogP contribution in [0.25, 0.3) is 11.1 Å². The summed E-state index contributed by atoms with van der Waals surface area (Å²) in [4.78, 5) is 11.7. The van der Waals surface area contributed by atoms with Gasteiger partial charge in [0.15, 0.2) is 6.04 Å². The van der Waals surface area contributed by atoms with Crippen molar-refractivity contribution in [2.24, 2.45) is 0 Å². The molecule has 5 nitrogen and oxygen atoms in total. The van der Waals surface area contributed by atoms with E-state index in [-0.39, 0.29) is 0 Å². The molecule has 0 fully saturated rings. The van der Waals surface area contributed by atoms with Crippen LogP contribution >= 0.6 is 0 Å². The third-order valence-electron chi connectivity index (χ3n) is 3.71. The molecule has 0 heterocycles. The van der Waals surface area contributed by atoms with E-state index in [2.05, 4.69) is 0 Å². The highest BCUT2D eigenvalue weighted by molar-refractivity contribution is 5.84. The molecule has 0 bridgehead atoms. The quantitative estimate of drug-likeness (QED) is 0.676. The normalized spacial score (nSPS) is 11.7. The van der Waals surface area contributed by atoms with Crippen LogP contribution in [0, 0.1) is 6.92 Å². The Morgan fingerprint density at radius 1 is 1.13 bits per heavy atom. The highest BCUT2D eigenvalue weighted by Gasteiger charge is 2.23. The van der Waals surface area contributed by atoms with Crippen molar-refractivity contribution >= 4 is 11.7 Å². The molecule has 0 aliphatic rings. The molecule has 2 aromatic rings. The first-order valence-electron chi connectivity index (χ1n) is 7.29. The molecule has 1 N–H and O–H groups in total. The molecule has 0 spiro atoms. The number of aryl methyl sites for hydroxylation is 1. The molecule has 2 rings (SSSR count). The van der Waals surface area contributed by atoms with E-state index in [0.717, 1.165) is 27.5 Å². The van der Waals surface area contributed by atoms with Crippen molar-refractivity contribution in [3.8, 4) is 16.9 Å². The van der Waals surface area contributed by atoms with Crippen molar-refractivity contribution < 1.29 is 19.5 Å². The zero-order valence-corrected chi connectivity index (χ0v) is 13.7. The standard InChI is InChI=1S/C18H21NO4/c1-12-5-10-17(19(21)13(2)18(20)23-4)16(11-12)14-6-8-15(22-3)9-7-14/h5-11,13,21H,1-4H3. The number of nitrogens with zero attached hydrogens (tertiary/aromatic N) is 1.